The van der Waals surface area contributed by atoms with E-state index in [9.17, 15) is 8.42 Å². The van der Waals surface area contributed by atoms with Crippen molar-refractivity contribution >= 4 is 40.0 Å². The van der Waals surface area contributed by atoms with Gasteiger partial charge < -0.3 is 19.4 Å². The van der Waals surface area contributed by atoms with Crippen molar-refractivity contribution in [2.75, 3.05) is 65.7 Å². The number of guanidine groups is 1. The largest absolute Gasteiger partial charge is 0.468 e. The highest BCUT2D eigenvalue weighted by Crippen LogP contribution is 2.19. The molecule has 1 aromatic rings. The number of sulfonamides is 1. The number of hydrogen-bond donors (Lipinski definition) is 1. The Kier molecular flexibility index (Phi) is 12.4. The van der Waals surface area contributed by atoms with Gasteiger partial charge in [-0.1, -0.05) is 0 Å². The monoisotopic (exact) mass is 571 g/mol. The summed E-state index contributed by atoms with van der Waals surface area (Å²) < 4.78 is 37.6. The quantitative estimate of drug-likeness (QED) is 0.261. The first-order valence-corrected chi connectivity index (χ1v) is 12.2. The van der Waals surface area contributed by atoms with Crippen molar-refractivity contribution in [3.05, 3.63) is 24.2 Å². The Morgan fingerprint density at radius 3 is 2.48 bits per heavy atom. The summed E-state index contributed by atoms with van der Waals surface area (Å²) in [6, 6.07) is 3.88. The van der Waals surface area contributed by atoms with Gasteiger partial charge in [0.25, 0.3) is 0 Å². The molecule has 1 aromatic heterocycles. The van der Waals surface area contributed by atoms with Crippen LogP contribution in [0.5, 0.6) is 0 Å². The number of halogens is 1. The number of nitrogens with zero attached hydrogens (tertiary/aromatic N) is 4. The lowest BCUT2D eigenvalue weighted by atomic mass is 10.2. The van der Waals surface area contributed by atoms with Gasteiger partial charge >= 0.3 is 0 Å². The zero-order valence-corrected chi connectivity index (χ0v) is 22.4. The molecule has 31 heavy (non-hydrogen) atoms. The van der Waals surface area contributed by atoms with Crippen molar-refractivity contribution in [1.29, 1.82) is 0 Å². The number of hydrogen-bond acceptors (Lipinski definition) is 6. The molecule has 0 spiro atoms. The predicted octanol–water partition coefficient (Wildman–Crippen LogP) is 1.84. The Balaban J connectivity index is 0.00000480. The van der Waals surface area contributed by atoms with Gasteiger partial charge in [0.05, 0.1) is 37.3 Å². The zero-order chi connectivity index (χ0) is 22.1. The molecule has 0 radical (unpaired) electrons. The minimum atomic E-state index is -3.30. The molecule has 9 nitrogen and oxygen atoms in total. The van der Waals surface area contributed by atoms with Gasteiger partial charge in [-0.15, -0.1) is 24.0 Å². The molecular weight excluding hydrogens is 533 g/mol. The molecule has 1 aliphatic rings. The zero-order valence-electron chi connectivity index (χ0n) is 19.3. The Morgan fingerprint density at radius 2 is 1.97 bits per heavy atom. The molecule has 180 valence electrons. The maximum atomic E-state index is 12.6. The van der Waals surface area contributed by atoms with E-state index in [2.05, 4.69) is 15.1 Å². The molecule has 1 saturated heterocycles. The number of furan rings is 1. The summed E-state index contributed by atoms with van der Waals surface area (Å²) in [5.74, 6) is 1.70. The fourth-order valence-corrected chi connectivity index (χ4v) is 4.57. The third kappa shape index (κ3) is 8.87. The minimum Gasteiger partial charge on any atom is -0.468 e. The Morgan fingerprint density at radius 1 is 1.29 bits per heavy atom. The molecule has 0 aromatic carbocycles. The lowest BCUT2D eigenvalue weighted by molar-refractivity contribution is 0.0904. The van der Waals surface area contributed by atoms with Crippen LogP contribution in [0.1, 0.15) is 32.6 Å². The van der Waals surface area contributed by atoms with Gasteiger partial charge in [-0.3, -0.25) is 9.89 Å². The van der Waals surface area contributed by atoms with Crippen LogP contribution in [0, 0.1) is 0 Å². The first-order valence-electron chi connectivity index (χ1n) is 10.6. The number of rotatable bonds is 10. The summed E-state index contributed by atoms with van der Waals surface area (Å²) in [6.07, 6.45) is 1.70. The first-order chi connectivity index (χ1) is 14.2. The third-order valence-electron chi connectivity index (χ3n) is 4.97. The van der Waals surface area contributed by atoms with Crippen molar-refractivity contribution in [2.24, 2.45) is 4.99 Å². The molecule has 0 saturated carbocycles. The summed E-state index contributed by atoms with van der Waals surface area (Å²) in [6.45, 7) is 9.45. The van der Waals surface area contributed by atoms with Crippen LogP contribution in [0.2, 0.25) is 0 Å². The van der Waals surface area contributed by atoms with Crippen LogP contribution in [-0.2, 0) is 14.8 Å². The van der Waals surface area contributed by atoms with Crippen LogP contribution < -0.4 is 5.32 Å². The predicted molar refractivity (Wildman–Crippen MR) is 135 cm³/mol. The standard InChI is InChI=1S/C20H37N5O4S.HI/c1-6-21-20(22-16-18(23(4)5)19-8-7-13-29-19)24-9-11-25(12-10-24)30(26,27)15-14-28-17(2)3;/h7-8,13,17-18H,6,9-12,14-16H2,1-5H3,(H,21,22);1H. The van der Waals surface area contributed by atoms with E-state index in [1.807, 2.05) is 47.0 Å². The van der Waals surface area contributed by atoms with Crippen LogP contribution in [0.3, 0.4) is 0 Å². The van der Waals surface area contributed by atoms with Crippen molar-refractivity contribution in [3.63, 3.8) is 0 Å². The van der Waals surface area contributed by atoms with E-state index in [-0.39, 0.29) is 48.5 Å². The average Bonchev–Trinajstić information content (AvgIpc) is 3.21. The van der Waals surface area contributed by atoms with Gasteiger partial charge in [-0.05, 0) is 47.0 Å². The molecule has 11 heteroatoms. The molecule has 2 heterocycles. The Labute approximate surface area is 204 Å². The van der Waals surface area contributed by atoms with E-state index in [1.54, 1.807) is 10.6 Å². The second-order valence-corrected chi connectivity index (χ2v) is 9.90. The highest BCUT2D eigenvalue weighted by Gasteiger charge is 2.28. The Bertz CT molecular complexity index is 748. The molecule has 0 aliphatic carbocycles. The lowest BCUT2D eigenvalue weighted by Crippen LogP contribution is -2.54. The number of piperazine rings is 1. The third-order valence-corrected chi connectivity index (χ3v) is 6.80. The van der Waals surface area contributed by atoms with Crippen LogP contribution in [0.4, 0.5) is 0 Å². The summed E-state index contributed by atoms with van der Waals surface area (Å²) >= 11 is 0. The van der Waals surface area contributed by atoms with Crippen molar-refractivity contribution < 1.29 is 17.6 Å². The summed E-state index contributed by atoms with van der Waals surface area (Å²) in [5.41, 5.74) is 0. The summed E-state index contributed by atoms with van der Waals surface area (Å²) in [4.78, 5) is 9.01. The van der Waals surface area contributed by atoms with E-state index in [4.69, 9.17) is 14.1 Å². The maximum absolute atomic E-state index is 12.6. The van der Waals surface area contributed by atoms with Crippen LogP contribution in [0.25, 0.3) is 0 Å². The smallest absolute Gasteiger partial charge is 0.216 e. The molecule has 2 rings (SSSR count). The summed E-state index contributed by atoms with van der Waals surface area (Å²) in [5, 5.41) is 3.33. The van der Waals surface area contributed by atoms with Crippen LogP contribution >= 0.6 is 24.0 Å². The second kappa shape index (κ2) is 13.6. The van der Waals surface area contributed by atoms with Gasteiger partial charge in [0.2, 0.25) is 10.0 Å². The van der Waals surface area contributed by atoms with Gasteiger partial charge in [0, 0.05) is 32.7 Å². The molecule has 1 unspecified atom stereocenters. The van der Waals surface area contributed by atoms with Gasteiger partial charge in [-0.25, -0.2) is 8.42 Å². The van der Waals surface area contributed by atoms with E-state index >= 15 is 0 Å². The van der Waals surface area contributed by atoms with Gasteiger partial charge in [0.1, 0.15) is 5.76 Å². The van der Waals surface area contributed by atoms with E-state index < -0.39 is 10.0 Å². The van der Waals surface area contributed by atoms with Gasteiger partial charge in [-0.2, -0.15) is 4.31 Å². The fraction of sp³-hybridized carbons (Fsp3) is 0.750. The molecule has 1 atom stereocenters. The number of likely N-dealkylation sites (N-methyl/N-ethyl adjacent to an activating group) is 1. The van der Waals surface area contributed by atoms with Crippen LogP contribution in [0.15, 0.2) is 27.8 Å². The summed E-state index contributed by atoms with van der Waals surface area (Å²) in [7, 11) is 0.700. The van der Waals surface area contributed by atoms with E-state index in [0.29, 0.717) is 32.7 Å². The second-order valence-electron chi connectivity index (χ2n) is 7.81. The number of aliphatic imine (C=N–C) groups is 1. The molecule has 1 aliphatic heterocycles. The fourth-order valence-electron chi connectivity index (χ4n) is 3.28. The number of ether oxygens (including phenoxy) is 1. The Hall–Kier alpha value is -0.890. The van der Waals surface area contributed by atoms with Crippen molar-refractivity contribution in [2.45, 2.75) is 32.9 Å². The molecule has 0 bridgehead atoms. The SMILES string of the molecule is CCNC(=NCC(c1ccco1)N(C)C)N1CCN(S(=O)(=O)CCOC(C)C)CC1.I. The molecule has 1 N–H and O–H groups in total. The highest BCUT2D eigenvalue weighted by atomic mass is 127. The van der Waals surface area contributed by atoms with Gasteiger partial charge in [0.15, 0.2) is 5.96 Å². The molecule has 1 fully saturated rings. The van der Waals surface area contributed by atoms with Crippen LogP contribution in [-0.4, -0.2) is 100 Å². The normalized spacial score (nSPS) is 17.1. The van der Waals surface area contributed by atoms with Crippen molar-refractivity contribution in [3.8, 4) is 0 Å². The average molecular weight is 572 g/mol. The highest BCUT2D eigenvalue weighted by molar-refractivity contribution is 14.0. The number of nitrogens with one attached hydrogen (secondary N) is 1. The molecular formula is C20H38IN5O4S. The van der Waals surface area contributed by atoms with E-state index in [0.717, 1.165) is 18.3 Å². The molecule has 0 amide bonds. The van der Waals surface area contributed by atoms with Crippen molar-refractivity contribution in [1.82, 2.24) is 19.4 Å². The first kappa shape index (κ1) is 28.1. The maximum Gasteiger partial charge on any atom is 0.216 e. The lowest BCUT2D eigenvalue weighted by Gasteiger charge is -2.36. The topological polar surface area (TPSA) is 90.6 Å². The van der Waals surface area contributed by atoms with E-state index in [1.165, 1.54) is 0 Å². The minimum absolute atomic E-state index is 0.